The highest BCUT2D eigenvalue weighted by atomic mass is 35.5. The third kappa shape index (κ3) is 4.21. The smallest absolute Gasteiger partial charge is 0.227 e. The molecule has 2 aliphatic heterocycles. The van der Waals surface area contributed by atoms with Gasteiger partial charge in [-0.3, -0.25) is 4.79 Å². The molecule has 0 spiro atoms. The Morgan fingerprint density at radius 2 is 1.94 bits per heavy atom. The Morgan fingerprint density at radius 3 is 2.72 bits per heavy atom. The van der Waals surface area contributed by atoms with Crippen molar-refractivity contribution in [1.29, 1.82) is 0 Å². The number of imidazole rings is 1. The Hall–Kier alpha value is -2.57. The molecule has 32 heavy (non-hydrogen) atoms. The molecule has 7 heteroatoms. The molecule has 1 aromatic heterocycles. The first kappa shape index (κ1) is 21.3. The lowest BCUT2D eigenvalue weighted by Gasteiger charge is -2.38. The van der Waals surface area contributed by atoms with E-state index in [1.54, 1.807) is 7.11 Å². The number of H-pyrrole nitrogens is 1. The summed E-state index contributed by atoms with van der Waals surface area (Å²) in [6.45, 7) is 3.27. The molecule has 2 saturated heterocycles. The number of halogens is 1. The van der Waals surface area contributed by atoms with Crippen LogP contribution in [-0.4, -0.2) is 60.2 Å². The maximum absolute atomic E-state index is 13.2. The fourth-order valence-corrected chi connectivity index (χ4v) is 5.16. The second-order valence-electron chi connectivity index (χ2n) is 8.81. The van der Waals surface area contributed by atoms with E-state index in [0.29, 0.717) is 5.02 Å². The van der Waals surface area contributed by atoms with Crippen LogP contribution in [0.3, 0.4) is 0 Å². The first-order valence-corrected chi connectivity index (χ1v) is 11.8. The van der Waals surface area contributed by atoms with E-state index in [1.165, 1.54) is 0 Å². The van der Waals surface area contributed by atoms with Crippen LogP contribution in [0.2, 0.25) is 5.02 Å². The lowest BCUT2D eigenvalue weighted by molar-refractivity contribution is -0.138. The van der Waals surface area contributed by atoms with E-state index in [-0.39, 0.29) is 17.9 Å². The van der Waals surface area contributed by atoms with Crippen LogP contribution in [0.15, 0.2) is 42.5 Å². The van der Waals surface area contributed by atoms with E-state index in [9.17, 15) is 4.79 Å². The van der Waals surface area contributed by atoms with Gasteiger partial charge in [0.1, 0.15) is 5.82 Å². The number of benzene rings is 2. The minimum absolute atomic E-state index is 0.0353. The van der Waals surface area contributed by atoms with Crippen molar-refractivity contribution in [3.8, 4) is 11.4 Å². The fraction of sp³-hybridized carbons (Fsp3) is 0.440. The summed E-state index contributed by atoms with van der Waals surface area (Å²) in [6, 6.07) is 14.0. The molecule has 6 nitrogen and oxygen atoms in total. The van der Waals surface area contributed by atoms with Crippen molar-refractivity contribution in [2.45, 2.75) is 31.8 Å². The van der Waals surface area contributed by atoms with Crippen molar-refractivity contribution in [3.63, 3.8) is 0 Å². The molecule has 3 heterocycles. The topological polar surface area (TPSA) is 61.5 Å². The maximum atomic E-state index is 13.2. The number of carbonyl (C=O) groups excluding carboxylic acids is 1. The van der Waals surface area contributed by atoms with Gasteiger partial charge in [0, 0.05) is 44.5 Å². The first-order chi connectivity index (χ1) is 15.6. The Balaban J connectivity index is 1.33. The second-order valence-corrected chi connectivity index (χ2v) is 9.22. The Bertz CT molecular complexity index is 1070. The van der Waals surface area contributed by atoms with Crippen LogP contribution in [0, 0.1) is 5.92 Å². The number of amides is 1. The van der Waals surface area contributed by atoms with Crippen LogP contribution in [0.5, 0.6) is 0 Å². The number of fused-ring (bicyclic) bond motifs is 1. The van der Waals surface area contributed by atoms with Crippen LogP contribution >= 0.6 is 11.6 Å². The number of rotatable bonds is 4. The lowest BCUT2D eigenvalue weighted by Crippen LogP contribution is -2.48. The molecule has 0 aliphatic carbocycles. The van der Waals surface area contributed by atoms with Crippen LogP contribution < -0.4 is 4.90 Å². The minimum Gasteiger partial charge on any atom is -0.381 e. The van der Waals surface area contributed by atoms with Gasteiger partial charge in [-0.2, -0.15) is 0 Å². The van der Waals surface area contributed by atoms with Gasteiger partial charge in [0.25, 0.3) is 0 Å². The molecule has 168 valence electrons. The van der Waals surface area contributed by atoms with E-state index in [1.807, 2.05) is 41.3 Å². The number of methoxy groups -OCH3 is 1. The van der Waals surface area contributed by atoms with Crippen LogP contribution in [0.1, 0.15) is 25.7 Å². The van der Waals surface area contributed by atoms with Crippen molar-refractivity contribution < 1.29 is 9.53 Å². The summed E-state index contributed by atoms with van der Waals surface area (Å²) < 4.78 is 5.45. The van der Waals surface area contributed by atoms with E-state index in [2.05, 4.69) is 16.0 Å². The highest BCUT2D eigenvalue weighted by Crippen LogP contribution is 2.33. The number of likely N-dealkylation sites (tertiary alicyclic amines) is 1. The Morgan fingerprint density at radius 1 is 1.12 bits per heavy atom. The second kappa shape index (κ2) is 9.12. The summed E-state index contributed by atoms with van der Waals surface area (Å²) in [5.41, 5.74) is 3.88. The summed E-state index contributed by atoms with van der Waals surface area (Å²) in [6.07, 6.45) is 4.09. The number of anilines is 1. The normalized spacial score (nSPS) is 20.1. The number of piperidine rings is 2. The molecule has 5 rings (SSSR count). The van der Waals surface area contributed by atoms with E-state index < -0.39 is 0 Å². The first-order valence-electron chi connectivity index (χ1n) is 11.4. The van der Waals surface area contributed by atoms with Gasteiger partial charge >= 0.3 is 0 Å². The number of para-hydroxylation sites is 2. The SMILES string of the molecule is COC1CCN(C(=O)[C@@H]2CCCN(c3ccc(Cl)c(-c4nc5ccccc5[nH]4)c3)C2)CC1. The lowest BCUT2D eigenvalue weighted by atomic mass is 9.94. The molecule has 1 amide bonds. The highest BCUT2D eigenvalue weighted by Gasteiger charge is 2.31. The molecule has 1 N–H and O–H groups in total. The molecule has 0 saturated carbocycles. The number of carbonyl (C=O) groups is 1. The van der Waals surface area contributed by atoms with Crippen molar-refractivity contribution in [2.75, 3.05) is 38.2 Å². The summed E-state index contributed by atoms with van der Waals surface area (Å²) in [7, 11) is 1.76. The molecule has 1 atom stereocenters. The van der Waals surface area contributed by atoms with Gasteiger partial charge < -0.3 is 19.5 Å². The molecular weight excluding hydrogens is 424 g/mol. The average molecular weight is 453 g/mol. The molecule has 3 aromatic rings. The number of aromatic nitrogens is 2. The summed E-state index contributed by atoms with van der Waals surface area (Å²) in [4.78, 5) is 25.6. The zero-order valence-electron chi connectivity index (χ0n) is 18.4. The van der Waals surface area contributed by atoms with Gasteiger partial charge in [0.2, 0.25) is 5.91 Å². The van der Waals surface area contributed by atoms with E-state index >= 15 is 0 Å². The molecule has 0 unspecified atom stereocenters. The summed E-state index contributed by atoms with van der Waals surface area (Å²) in [5.74, 6) is 1.09. The zero-order valence-corrected chi connectivity index (χ0v) is 19.1. The molecule has 0 radical (unpaired) electrons. The largest absolute Gasteiger partial charge is 0.381 e. The quantitative estimate of drug-likeness (QED) is 0.621. The number of hydrogen-bond donors (Lipinski definition) is 1. The van der Waals surface area contributed by atoms with Crippen molar-refractivity contribution in [1.82, 2.24) is 14.9 Å². The predicted molar refractivity (Wildman–Crippen MR) is 128 cm³/mol. The number of nitrogens with zero attached hydrogens (tertiary/aromatic N) is 3. The van der Waals surface area contributed by atoms with Gasteiger partial charge in [-0.15, -0.1) is 0 Å². The summed E-state index contributed by atoms with van der Waals surface area (Å²) >= 11 is 6.55. The van der Waals surface area contributed by atoms with Crippen LogP contribution in [-0.2, 0) is 9.53 Å². The van der Waals surface area contributed by atoms with Crippen LogP contribution in [0.25, 0.3) is 22.4 Å². The number of aromatic amines is 1. The van der Waals surface area contributed by atoms with Gasteiger partial charge in [-0.1, -0.05) is 23.7 Å². The van der Waals surface area contributed by atoms with Gasteiger partial charge in [0.05, 0.1) is 28.1 Å². The monoisotopic (exact) mass is 452 g/mol. The van der Waals surface area contributed by atoms with E-state index in [4.69, 9.17) is 21.3 Å². The number of ether oxygens (including phenoxy) is 1. The third-order valence-corrected chi connectivity index (χ3v) is 7.15. The average Bonchev–Trinajstić information content (AvgIpc) is 3.28. The Kier molecular flexibility index (Phi) is 6.07. The fourth-order valence-electron chi connectivity index (χ4n) is 4.96. The van der Waals surface area contributed by atoms with Gasteiger partial charge in [0.15, 0.2) is 0 Å². The number of nitrogens with one attached hydrogen (secondary N) is 1. The molecule has 0 bridgehead atoms. The maximum Gasteiger partial charge on any atom is 0.227 e. The highest BCUT2D eigenvalue weighted by molar-refractivity contribution is 6.33. The molecule has 2 aliphatic rings. The minimum atomic E-state index is 0.0353. The van der Waals surface area contributed by atoms with Crippen LogP contribution in [0.4, 0.5) is 5.69 Å². The van der Waals surface area contributed by atoms with E-state index in [0.717, 1.165) is 80.0 Å². The number of hydrogen-bond acceptors (Lipinski definition) is 4. The summed E-state index contributed by atoms with van der Waals surface area (Å²) in [5, 5.41) is 0.665. The predicted octanol–water partition coefficient (Wildman–Crippen LogP) is 4.74. The molecule has 2 aromatic carbocycles. The third-order valence-electron chi connectivity index (χ3n) is 6.82. The Labute approximate surface area is 193 Å². The van der Waals surface area contributed by atoms with Crippen molar-refractivity contribution in [2.24, 2.45) is 5.92 Å². The van der Waals surface area contributed by atoms with Gasteiger partial charge in [-0.25, -0.2) is 4.98 Å². The molecule has 2 fully saturated rings. The van der Waals surface area contributed by atoms with Crippen molar-refractivity contribution in [3.05, 3.63) is 47.5 Å². The van der Waals surface area contributed by atoms with Gasteiger partial charge in [-0.05, 0) is 56.0 Å². The standard InChI is InChI=1S/C25H29ClN4O2/c1-32-19-10-13-29(14-11-19)25(31)17-5-4-12-30(16-17)18-8-9-21(26)20(15-18)24-27-22-6-2-3-7-23(22)28-24/h2-3,6-9,15,17,19H,4-5,10-14,16H2,1H3,(H,27,28)/t17-/m1/s1. The zero-order chi connectivity index (χ0) is 22.1. The molecular formula is C25H29ClN4O2. The van der Waals surface area contributed by atoms with Crippen molar-refractivity contribution >= 4 is 34.2 Å².